The van der Waals surface area contributed by atoms with Gasteiger partial charge in [-0.2, -0.15) is 0 Å². The molecule has 0 aromatic heterocycles. The molecule has 1 aliphatic heterocycles. The zero-order valence-electron chi connectivity index (χ0n) is 11.3. The molecule has 0 spiro atoms. The summed E-state index contributed by atoms with van der Waals surface area (Å²) in [6, 6.07) is 10.0. The van der Waals surface area contributed by atoms with E-state index in [2.05, 4.69) is 0 Å². The van der Waals surface area contributed by atoms with Crippen molar-refractivity contribution in [3.8, 4) is 0 Å². The van der Waals surface area contributed by atoms with Gasteiger partial charge in [-0.25, -0.2) is 0 Å². The Morgan fingerprint density at radius 2 is 1.80 bits per heavy atom. The zero-order valence-corrected chi connectivity index (χ0v) is 12.9. The van der Waals surface area contributed by atoms with Crippen molar-refractivity contribution in [3.05, 3.63) is 46.4 Å². The van der Waals surface area contributed by atoms with Crippen molar-refractivity contribution in [3.63, 3.8) is 0 Å². The number of allylic oxidation sites excluding steroid dienone is 1. The molecule has 2 aliphatic rings. The van der Waals surface area contributed by atoms with Crippen LogP contribution < -0.4 is 0 Å². The molecule has 3 rings (SSSR count). The van der Waals surface area contributed by atoms with Gasteiger partial charge in [-0.1, -0.05) is 66.3 Å². The van der Waals surface area contributed by atoms with Gasteiger partial charge in [0.15, 0.2) is 0 Å². The zero-order chi connectivity index (χ0) is 13.9. The Balaban J connectivity index is 1.80. The molecule has 1 amide bonds. The summed E-state index contributed by atoms with van der Waals surface area (Å²) in [6.07, 6.45) is 5.83. The molecule has 0 bridgehead atoms. The fraction of sp³-hybridized carbons (Fsp3) is 0.375. The Hall–Kier alpha value is -1.13. The molecule has 1 heterocycles. The van der Waals surface area contributed by atoms with Gasteiger partial charge >= 0.3 is 0 Å². The van der Waals surface area contributed by atoms with E-state index in [1.807, 2.05) is 30.3 Å². The summed E-state index contributed by atoms with van der Waals surface area (Å²) < 4.78 is 0.701. The van der Waals surface area contributed by atoms with E-state index in [9.17, 15) is 4.79 Å². The fourth-order valence-corrected chi connectivity index (χ4v) is 4.10. The molecule has 4 heteroatoms. The Labute approximate surface area is 129 Å². The summed E-state index contributed by atoms with van der Waals surface area (Å²) >= 11 is 6.89. The highest BCUT2D eigenvalue weighted by Gasteiger charge is 2.34. The molecular weight excluding hydrogens is 286 g/mol. The molecule has 2 fully saturated rings. The first kappa shape index (κ1) is 13.8. The lowest BCUT2D eigenvalue weighted by Crippen LogP contribution is -2.27. The minimum Gasteiger partial charge on any atom is -0.288 e. The molecule has 1 aliphatic carbocycles. The average Bonchev–Trinajstić information content (AvgIpc) is 2.77. The lowest BCUT2D eigenvalue weighted by Gasteiger charge is -2.16. The summed E-state index contributed by atoms with van der Waals surface area (Å²) in [7, 11) is 0. The van der Waals surface area contributed by atoms with Crippen molar-refractivity contribution < 1.29 is 4.79 Å². The van der Waals surface area contributed by atoms with Gasteiger partial charge in [0.2, 0.25) is 0 Å². The van der Waals surface area contributed by atoms with Crippen molar-refractivity contribution in [1.82, 2.24) is 4.90 Å². The van der Waals surface area contributed by atoms with Crippen molar-refractivity contribution in [2.75, 3.05) is 0 Å². The number of amides is 1. The van der Waals surface area contributed by atoms with Crippen LogP contribution in [0.2, 0.25) is 0 Å². The molecule has 1 saturated carbocycles. The topological polar surface area (TPSA) is 20.3 Å². The predicted molar refractivity (Wildman–Crippen MR) is 87.3 cm³/mol. The SMILES string of the molecule is O=C1C(=C2CCCCC2)SC(=S)N1Cc1ccccc1. The largest absolute Gasteiger partial charge is 0.288 e. The number of thioether (sulfide) groups is 1. The maximum absolute atomic E-state index is 12.6. The first-order chi connectivity index (χ1) is 9.75. The monoisotopic (exact) mass is 303 g/mol. The third-order valence-corrected chi connectivity index (χ3v) is 5.34. The smallest absolute Gasteiger partial charge is 0.266 e. The van der Waals surface area contributed by atoms with Gasteiger partial charge in [-0.3, -0.25) is 9.69 Å². The molecule has 104 valence electrons. The van der Waals surface area contributed by atoms with E-state index in [0.29, 0.717) is 10.9 Å². The average molecular weight is 303 g/mol. The lowest BCUT2D eigenvalue weighted by atomic mass is 9.94. The quantitative estimate of drug-likeness (QED) is 0.601. The van der Waals surface area contributed by atoms with E-state index in [-0.39, 0.29) is 5.91 Å². The maximum atomic E-state index is 12.6. The van der Waals surface area contributed by atoms with Gasteiger partial charge in [0.1, 0.15) is 4.32 Å². The van der Waals surface area contributed by atoms with Crippen LogP contribution in [0.1, 0.15) is 37.7 Å². The van der Waals surface area contributed by atoms with Crippen LogP contribution in [0.5, 0.6) is 0 Å². The fourth-order valence-electron chi connectivity index (χ4n) is 2.72. The van der Waals surface area contributed by atoms with E-state index in [1.54, 1.807) is 4.90 Å². The molecule has 2 nitrogen and oxygen atoms in total. The van der Waals surface area contributed by atoms with Crippen molar-refractivity contribution in [1.29, 1.82) is 0 Å². The number of hydrogen-bond donors (Lipinski definition) is 0. The number of hydrogen-bond acceptors (Lipinski definition) is 3. The standard InChI is InChI=1S/C16H17NOS2/c18-15-14(13-9-5-2-6-10-13)20-16(19)17(15)11-12-7-3-1-4-8-12/h1,3-4,7-8H,2,5-6,9-11H2. The number of thiocarbonyl (C=S) groups is 1. The second-order valence-electron chi connectivity index (χ2n) is 5.24. The van der Waals surface area contributed by atoms with E-state index in [0.717, 1.165) is 23.3 Å². The predicted octanol–water partition coefficient (Wildman–Crippen LogP) is 4.27. The second kappa shape index (κ2) is 6.10. The molecule has 1 aromatic carbocycles. The number of benzene rings is 1. The van der Waals surface area contributed by atoms with Crippen LogP contribution in [0.4, 0.5) is 0 Å². The third kappa shape index (κ3) is 2.81. The van der Waals surface area contributed by atoms with Gasteiger partial charge in [0.25, 0.3) is 5.91 Å². The van der Waals surface area contributed by atoms with E-state index < -0.39 is 0 Å². The molecule has 20 heavy (non-hydrogen) atoms. The highest BCUT2D eigenvalue weighted by molar-refractivity contribution is 8.26. The molecule has 0 radical (unpaired) electrons. The van der Waals surface area contributed by atoms with E-state index >= 15 is 0 Å². The van der Waals surface area contributed by atoms with Gasteiger partial charge in [-0.05, 0) is 31.2 Å². The van der Waals surface area contributed by atoms with Crippen LogP contribution in [0.25, 0.3) is 0 Å². The summed E-state index contributed by atoms with van der Waals surface area (Å²) in [5, 5.41) is 0. The van der Waals surface area contributed by atoms with Crippen LogP contribution in [0.15, 0.2) is 40.8 Å². The Morgan fingerprint density at radius 1 is 1.10 bits per heavy atom. The normalized spacial score (nSPS) is 19.9. The van der Waals surface area contributed by atoms with Gasteiger partial charge in [-0.15, -0.1) is 0 Å². The van der Waals surface area contributed by atoms with Gasteiger partial charge in [0, 0.05) is 0 Å². The van der Waals surface area contributed by atoms with Crippen LogP contribution in [0, 0.1) is 0 Å². The Morgan fingerprint density at radius 3 is 2.50 bits per heavy atom. The number of nitrogens with zero attached hydrogens (tertiary/aromatic N) is 1. The number of rotatable bonds is 2. The summed E-state index contributed by atoms with van der Waals surface area (Å²) in [6.45, 7) is 0.586. The van der Waals surface area contributed by atoms with Crippen LogP contribution >= 0.6 is 24.0 Å². The van der Waals surface area contributed by atoms with Gasteiger partial charge in [0.05, 0.1) is 11.4 Å². The molecular formula is C16H17NOS2. The summed E-state index contributed by atoms with van der Waals surface area (Å²) in [5.41, 5.74) is 2.45. The summed E-state index contributed by atoms with van der Waals surface area (Å²) in [4.78, 5) is 15.2. The van der Waals surface area contributed by atoms with Crippen molar-refractivity contribution >= 4 is 34.2 Å². The second-order valence-corrected chi connectivity index (χ2v) is 6.88. The molecule has 0 N–H and O–H groups in total. The molecule has 0 atom stereocenters. The van der Waals surface area contributed by atoms with E-state index in [4.69, 9.17) is 12.2 Å². The first-order valence-corrected chi connectivity index (χ1v) is 8.28. The van der Waals surface area contributed by atoms with Gasteiger partial charge < -0.3 is 0 Å². The van der Waals surface area contributed by atoms with E-state index in [1.165, 1.54) is 36.6 Å². The molecule has 0 unspecified atom stereocenters. The van der Waals surface area contributed by atoms with Crippen molar-refractivity contribution in [2.24, 2.45) is 0 Å². The number of carbonyl (C=O) groups is 1. The van der Waals surface area contributed by atoms with Crippen LogP contribution in [-0.4, -0.2) is 15.1 Å². The Kier molecular flexibility index (Phi) is 4.22. The van der Waals surface area contributed by atoms with Crippen LogP contribution in [-0.2, 0) is 11.3 Å². The summed E-state index contributed by atoms with van der Waals surface area (Å²) in [5.74, 6) is 0.112. The Bertz CT molecular complexity index is 557. The lowest BCUT2D eigenvalue weighted by molar-refractivity contribution is -0.122. The highest BCUT2D eigenvalue weighted by Crippen LogP contribution is 2.38. The minimum atomic E-state index is 0.112. The van der Waals surface area contributed by atoms with Crippen LogP contribution in [0.3, 0.4) is 0 Å². The number of carbonyl (C=O) groups excluding carboxylic acids is 1. The maximum Gasteiger partial charge on any atom is 0.266 e. The molecule has 1 saturated heterocycles. The highest BCUT2D eigenvalue weighted by atomic mass is 32.2. The minimum absolute atomic E-state index is 0.112. The van der Waals surface area contributed by atoms with Crippen molar-refractivity contribution in [2.45, 2.75) is 38.6 Å². The first-order valence-electron chi connectivity index (χ1n) is 7.05. The third-order valence-electron chi connectivity index (χ3n) is 3.81. The molecule has 1 aromatic rings.